The number of halogens is 2. The van der Waals surface area contributed by atoms with Crippen molar-refractivity contribution in [2.24, 2.45) is 5.92 Å². The standard InChI is InChI=1S/C13H19BrClNO/c1-4-5-9(2)8-16-12-7-10(15)6-11(14)13(12)17-3/h6-7,9,16H,4-5,8H2,1-3H3. The summed E-state index contributed by atoms with van der Waals surface area (Å²) in [5.41, 5.74) is 0.940. The van der Waals surface area contributed by atoms with Crippen molar-refractivity contribution in [1.29, 1.82) is 0 Å². The van der Waals surface area contributed by atoms with Crippen LogP contribution in [0.1, 0.15) is 26.7 Å². The minimum absolute atomic E-state index is 0.641. The molecule has 1 aromatic carbocycles. The van der Waals surface area contributed by atoms with Gasteiger partial charge in [0.1, 0.15) is 0 Å². The van der Waals surface area contributed by atoms with Crippen LogP contribution in [0.25, 0.3) is 0 Å². The summed E-state index contributed by atoms with van der Waals surface area (Å²) >= 11 is 9.48. The van der Waals surface area contributed by atoms with E-state index < -0.39 is 0 Å². The molecule has 0 fully saturated rings. The van der Waals surface area contributed by atoms with E-state index in [1.165, 1.54) is 12.8 Å². The highest BCUT2D eigenvalue weighted by atomic mass is 79.9. The topological polar surface area (TPSA) is 21.3 Å². The van der Waals surface area contributed by atoms with Crippen LogP contribution >= 0.6 is 27.5 Å². The lowest BCUT2D eigenvalue weighted by Gasteiger charge is -2.16. The van der Waals surface area contributed by atoms with Crippen LogP contribution in [0.3, 0.4) is 0 Å². The van der Waals surface area contributed by atoms with Gasteiger partial charge >= 0.3 is 0 Å². The Balaban J connectivity index is 2.75. The minimum Gasteiger partial charge on any atom is -0.493 e. The molecule has 0 bridgehead atoms. The summed E-state index contributed by atoms with van der Waals surface area (Å²) in [4.78, 5) is 0. The summed E-state index contributed by atoms with van der Waals surface area (Å²) in [7, 11) is 1.66. The van der Waals surface area contributed by atoms with E-state index in [4.69, 9.17) is 16.3 Å². The van der Waals surface area contributed by atoms with Crippen LogP contribution in [0.5, 0.6) is 5.75 Å². The number of ether oxygens (including phenoxy) is 1. The van der Waals surface area contributed by atoms with Crippen molar-refractivity contribution in [1.82, 2.24) is 0 Å². The summed E-state index contributed by atoms with van der Waals surface area (Å²) in [5.74, 6) is 1.44. The highest BCUT2D eigenvalue weighted by Crippen LogP contribution is 2.36. The highest BCUT2D eigenvalue weighted by molar-refractivity contribution is 9.10. The second-order valence-electron chi connectivity index (χ2n) is 4.24. The third-order valence-electron chi connectivity index (χ3n) is 2.63. The van der Waals surface area contributed by atoms with Gasteiger partial charge in [-0.15, -0.1) is 0 Å². The fourth-order valence-electron chi connectivity index (χ4n) is 1.78. The molecule has 0 aliphatic heterocycles. The Hall–Kier alpha value is -0.410. The molecule has 1 N–H and O–H groups in total. The van der Waals surface area contributed by atoms with Gasteiger partial charge in [-0.2, -0.15) is 0 Å². The third kappa shape index (κ3) is 4.40. The normalized spacial score (nSPS) is 12.3. The van der Waals surface area contributed by atoms with Gasteiger partial charge in [0.25, 0.3) is 0 Å². The molecule has 0 radical (unpaired) electrons. The SMILES string of the molecule is CCCC(C)CNc1cc(Cl)cc(Br)c1OC. The lowest BCUT2D eigenvalue weighted by molar-refractivity contribution is 0.413. The number of benzene rings is 1. The fourth-order valence-corrected chi connectivity index (χ4v) is 2.75. The van der Waals surface area contributed by atoms with Gasteiger partial charge in [-0.05, 0) is 40.4 Å². The molecule has 0 saturated carbocycles. The predicted molar refractivity (Wildman–Crippen MR) is 78.3 cm³/mol. The number of methoxy groups -OCH3 is 1. The van der Waals surface area contributed by atoms with Crippen LogP contribution in [-0.4, -0.2) is 13.7 Å². The van der Waals surface area contributed by atoms with Crippen LogP contribution in [0.15, 0.2) is 16.6 Å². The smallest absolute Gasteiger partial charge is 0.156 e. The van der Waals surface area contributed by atoms with Gasteiger partial charge in [-0.3, -0.25) is 0 Å². The first-order valence-electron chi connectivity index (χ1n) is 5.85. The summed E-state index contributed by atoms with van der Waals surface area (Å²) in [6, 6.07) is 3.73. The Bertz CT molecular complexity index is 371. The maximum atomic E-state index is 6.03. The molecule has 2 nitrogen and oxygen atoms in total. The first kappa shape index (κ1) is 14.7. The maximum absolute atomic E-state index is 6.03. The molecule has 1 unspecified atom stereocenters. The fraction of sp³-hybridized carbons (Fsp3) is 0.538. The van der Waals surface area contributed by atoms with Gasteiger partial charge in [0.15, 0.2) is 5.75 Å². The van der Waals surface area contributed by atoms with E-state index in [2.05, 4.69) is 35.1 Å². The number of nitrogens with one attached hydrogen (secondary N) is 1. The molecule has 0 spiro atoms. The zero-order valence-corrected chi connectivity index (χ0v) is 12.9. The van der Waals surface area contributed by atoms with Gasteiger partial charge < -0.3 is 10.1 Å². The van der Waals surface area contributed by atoms with E-state index in [9.17, 15) is 0 Å². The molecule has 0 aromatic heterocycles. The Labute approximate surface area is 117 Å². The van der Waals surface area contributed by atoms with Gasteiger partial charge in [-0.25, -0.2) is 0 Å². The number of anilines is 1. The quantitative estimate of drug-likeness (QED) is 0.800. The Morgan fingerprint density at radius 2 is 2.18 bits per heavy atom. The zero-order chi connectivity index (χ0) is 12.8. The van der Waals surface area contributed by atoms with Crippen LogP contribution in [0.2, 0.25) is 5.02 Å². The van der Waals surface area contributed by atoms with Crippen LogP contribution in [-0.2, 0) is 0 Å². The second-order valence-corrected chi connectivity index (χ2v) is 5.53. The first-order chi connectivity index (χ1) is 8.08. The molecular weight excluding hydrogens is 302 g/mol. The van der Waals surface area contributed by atoms with Crippen LogP contribution in [0, 0.1) is 5.92 Å². The van der Waals surface area contributed by atoms with Crippen molar-refractivity contribution in [3.8, 4) is 5.75 Å². The first-order valence-corrected chi connectivity index (χ1v) is 7.02. The van der Waals surface area contributed by atoms with Crippen LogP contribution in [0.4, 0.5) is 5.69 Å². The summed E-state index contributed by atoms with van der Waals surface area (Å²) in [6.45, 7) is 5.37. The average molecular weight is 321 g/mol. The van der Waals surface area contributed by atoms with E-state index in [0.29, 0.717) is 10.9 Å². The van der Waals surface area contributed by atoms with E-state index >= 15 is 0 Å². The van der Waals surface area contributed by atoms with Crippen molar-refractivity contribution < 1.29 is 4.74 Å². The lowest BCUT2D eigenvalue weighted by Crippen LogP contribution is -2.11. The lowest BCUT2D eigenvalue weighted by atomic mass is 10.1. The highest BCUT2D eigenvalue weighted by Gasteiger charge is 2.10. The molecule has 96 valence electrons. The van der Waals surface area contributed by atoms with Crippen molar-refractivity contribution >= 4 is 33.2 Å². The van der Waals surface area contributed by atoms with E-state index in [0.717, 1.165) is 22.5 Å². The largest absolute Gasteiger partial charge is 0.493 e. The summed E-state index contributed by atoms with van der Waals surface area (Å²) < 4.78 is 6.23. The van der Waals surface area contributed by atoms with Gasteiger partial charge in [-0.1, -0.05) is 31.9 Å². The molecule has 4 heteroatoms. The van der Waals surface area contributed by atoms with Crippen molar-refractivity contribution in [2.45, 2.75) is 26.7 Å². The minimum atomic E-state index is 0.641. The maximum Gasteiger partial charge on any atom is 0.156 e. The number of hydrogen-bond acceptors (Lipinski definition) is 2. The predicted octanol–water partition coefficient (Wildman–Crippen LogP) is 4.96. The number of rotatable bonds is 6. The Morgan fingerprint density at radius 3 is 2.76 bits per heavy atom. The van der Waals surface area contributed by atoms with Crippen molar-refractivity contribution in [3.05, 3.63) is 21.6 Å². The van der Waals surface area contributed by atoms with Gasteiger partial charge in [0.2, 0.25) is 0 Å². The van der Waals surface area contributed by atoms with Crippen molar-refractivity contribution in [2.75, 3.05) is 19.0 Å². The summed E-state index contributed by atoms with van der Waals surface area (Å²) in [5, 5.41) is 4.09. The Kier molecular flexibility index (Phi) is 6.14. The molecule has 0 saturated heterocycles. The van der Waals surface area contributed by atoms with E-state index in [1.54, 1.807) is 7.11 Å². The molecule has 0 aliphatic rings. The van der Waals surface area contributed by atoms with Crippen LogP contribution < -0.4 is 10.1 Å². The second kappa shape index (κ2) is 7.12. The zero-order valence-electron chi connectivity index (χ0n) is 10.5. The molecule has 1 rings (SSSR count). The Morgan fingerprint density at radius 1 is 1.47 bits per heavy atom. The average Bonchev–Trinajstić information content (AvgIpc) is 2.26. The molecule has 1 atom stereocenters. The van der Waals surface area contributed by atoms with Crippen molar-refractivity contribution in [3.63, 3.8) is 0 Å². The monoisotopic (exact) mass is 319 g/mol. The molecule has 0 amide bonds. The molecule has 0 aliphatic carbocycles. The van der Waals surface area contributed by atoms with Gasteiger partial charge in [0.05, 0.1) is 17.3 Å². The molecule has 0 heterocycles. The number of hydrogen-bond donors (Lipinski definition) is 1. The third-order valence-corrected chi connectivity index (χ3v) is 3.44. The van der Waals surface area contributed by atoms with E-state index in [1.807, 2.05) is 12.1 Å². The summed E-state index contributed by atoms with van der Waals surface area (Å²) in [6.07, 6.45) is 2.43. The van der Waals surface area contributed by atoms with E-state index in [-0.39, 0.29) is 0 Å². The molecule has 17 heavy (non-hydrogen) atoms. The molecular formula is C13H19BrClNO. The molecule has 1 aromatic rings. The van der Waals surface area contributed by atoms with Gasteiger partial charge in [0, 0.05) is 11.6 Å².